The Bertz CT molecular complexity index is 551. The lowest BCUT2D eigenvalue weighted by Gasteiger charge is -2.42. The van der Waals surface area contributed by atoms with Crippen molar-refractivity contribution >= 4 is 27.5 Å². The number of carbonyl (C=O) groups excluding carboxylic acids is 1. The molecule has 2 fully saturated rings. The molecule has 2 heterocycles. The largest absolute Gasteiger partial charge is 0.369 e. The summed E-state index contributed by atoms with van der Waals surface area (Å²) < 4.78 is 14.7. The molecule has 1 aromatic rings. The minimum Gasteiger partial charge on any atom is -0.369 e. The lowest BCUT2D eigenvalue weighted by Crippen LogP contribution is -2.50. The van der Waals surface area contributed by atoms with Crippen LogP contribution in [0.15, 0.2) is 22.7 Å². The Kier molecular flexibility index (Phi) is 4.20. The summed E-state index contributed by atoms with van der Waals surface area (Å²) in [7, 11) is 0. The van der Waals surface area contributed by atoms with Crippen molar-refractivity contribution in [3.63, 3.8) is 0 Å². The van der Waals surface area contributed by atoms with E-state index in [1.165, 1.54) is 0 Å². The molecule has 2 aliphatic heterocycles. The molecule has 114 valence electrons. The number of likely N-dealkylation sites (tertiary alicyclic amines) is 1. The van der Waals surface area contributed by atoms with Crippen molar-refractivity contribution in [1.29, 1.82) is 0 Å². The average Bonchev–Trinajstić information content (AvgIpc) is 2.88. The van der Waals surface area contributed by atoms with E-state index in [2.05, 4.69) is 27.8 Å². The van der Waals surface area contributed by atoms with E-state index in [0.717, 1.165) is 32.5 Å². The van der Waals surface area contributed by atoms with Crippen molar-refractivity contribution in [2.45, 2.75) is 32.2 Å². The van der Waals surface area contributed by atoms with Gasteiger partial charge in [-0.2, -0.15) is 0 Å². The second kappa shape index (κ2) is 5.95. The van der Waals surface area contributed by atoms with E-state index in [0.29, 0.717) is 28.5 Å². The van der Waals surface area contributed by atoms with E-state index in [4.69, 9.17) is 0 Å². The van der Waals surface area contributed by atoms with Gasteiger partial charge in [0.1, 0.15) is 0 Å². The van der Waals surface area contributed by atoms with Gasteiger partial charge in [-0.15, -0.1) is 0 Å². The van der Waals surface area contributed by atoms with Crippen molar-refractivity contribution in [1.82, 2.24) is 4.90 Å². The van der Waals surface area contributed by atoms with Crippen LogP contribution in [0, 0.1) is 11.7 Å². The highest BCUT2D eigenvalue weighted by molar-refractivity contribution is 9.10. The number of hydrogen-bond acceptors (Lipinski definition) is 2. The van der Waals surface area contributed by atoms with Crippen molar-refractivity contribution < 1.29 is 9.18 Å². The zero-order chi connectivity index (χ0) is 15.0. The summed E-state index contributed by atoms with van der Waals surface area (Å²) in [4.78, 5) is 16.1. The summed E-state index contributed by atoms with van der Waals surface area (Å²) in [6.45, 7) is 4.64. The molecule has 2 unspecified atom stereocenters. The summed E-state index contributed by atoms with van der Waals surface area (Å²) in [5.74, 6) is 0.452. The smallest absolute Gasteiger partial charge is 0.222 e. The Labute approximate surface area is 133 Å². The first-order valence-electron chi connectivity index (χ1n) is 7.56. The number of anilines is 1. The van der Waals surface area contributed by atoms with Crippen LogP contribution in [0.3, 0.4) is 0 Å². The lowest BCUT2D eigenvalue weighted by atomic mass is 9.92. The van der Waals surface area contributed by atoms with Crippen molar-refractivity contribution in [2.75, 3.05) is 24.5 Å². The molecule has 21 heavy (non-hydrogen) atoms. The number of hydrogen-bond donors (Lipinski definition) is 0. The first-order valence-corrected chi connectivity index (χ1v) is 8.35. The van der Waals surface area contributed by atoms with Crippen LogP contribution in [0.4, 0.5) is 10.1 Å². The third-order valence-corrected chi connectivity index (χ3v) is 5.25. The molecule has 0 aliphatic carbocycles. The lowest BCUT2D eigenvalue weighted by molar-refractivity contribution is -0.130. The molecule has 0 bridgehead atoms. The standard InChI is InChI=1S/C16H20BrFN2O/c1-11-10-19(14-5-2-4-12(17)16(14)18)9-7-13(11)20-8-3-6-15(20)21/h2,4-5,11,13H,3,6-10H2,1H3. The van der Waals surface area contributed by atoms with Gasteiger partial charge in [0.2, 0.25) is 5.91 Å². The van der Waals surface area contributed by atoms with Crippen LogP contribution in [0.2, 0.25) is 0 Å². The molecule has 0 aromatic heterocycles. The van der Waals surface area contributed by atoms with Crippen molar-refractivity contribution in [3.05, 3.63) is 28.5 Å². The molecule has 0 saturated carbocycles. The second-order valence-corrected chi connectivity index (χ2v) is 6.90. The van der Waals surface area contributed by atoms with E-state index in [9.17, 15) is 9.18 Å². The molecule has 0 spiro atoms. The van der Waals surface area contributed by atoms with Crippen LogP contribution in [0.25, 0.3) is 0 Å². The summed E-state index contributed by atoms with van der Waals surface area (Å²) in [6, 6.07) is 5.72. The molecule has 3 rings (SSSR count). The van der Waals surface area contributed by atoms with Gasteiger partial charge in [-0.05, 0) is 46.8 Å². The first kappa shape index (κ1) is 14.8. The maximum absolute atomic E-state index is 14.2. The first-order chi connectivity index (χ1) is 10.1. The zero-order valence-electron chi connectivity index (χ0n) is 12.2. The molecule has 0 radical (unpaired) electrons. The van der Waals surface area contributed by atoms with Gasteiger partial charge in [0.25, 0.3) is 0 Å². The molecular weight excluding hydrogens is 335 g/mol. The van der Waals surface area contributed by atoms with Gasteiger partial charge in [-0.25, -0.2) is 4.39 Å². The maximum Gasteiger partial charge on any atom is 0.222 e. The van der Waals surface area contributed by atoms with E-state index in [-0.39, 0.29) is 11.7 Å². The summed E-state index contributed by atoms with van der Waals surface area (Å²) in [6.07, 6.45) is 2.58. The molecule has 1 amide bonds. The van der Waals surface area contributed by atoms with E-state index in [1.54, 1.807) is 6.07 Å². The highest BCUT2D eigenvalue weighted by Gasteiger charge is 2.35. The minimum absolute atomic E-state index is 0.194. The quantitative estimate of drug-likeness (QED) is 0.812. The fraction of sp³-hybridized carbons (Fsp3) is 0.562. The third kappa shape index (κ3) is 2.80. The summed E-state index contributed by atoms with van der Waals surface area (Å²) in [5, 5.41) is 0. The third-order valence-electron chi connectivity index (χ3n) is 4.64. The SMILES string of the molecule is CC1CN(c2cccc(Br)c2F)CCC1N1CCCC1=O. The number of benzene rings is 1. The fourth-order valence-electron chi connectivity index (χ4n) is 3.57. The Hall–Kier alpha value is -1.10. The van der Waals surface area contributed by atoms with Gasteiger partial charge in [-0.3, -0.25) is 4.79 Å². The predicted molar refractivity (Wildman–Crippen MR) is 84.8 cm³/mol. The monoisotopic (exact) mass is 354 g/mol. The summed E-state index contributed by atoms with van der Waals surface area (Å²) in [5.41, 5.74) is 0.655. The normalized spacial score (nSPS) is 26.5. The van der Waals surface area contributed by atoms with Crippen molar-refractivity contribution in [3.8, 4) is 0 Å². The van der Waals surface area contributed by atoms with Gasteiger partial charge >= 0.3 is 0 Å². The van der Waals surface area contributed by atoms with Crippen LogP contribution in [-0.2, 0) is 4.79 Å². The van der Waals surface area contributed by atoms with Crippen molar-refractivity contribution in [2.24, 2.45) is 5.92 Å². The number of piperidine rings is 1. The van der Waals surface area contributed by atoms with Crippen LogP contribution in [0.5, 0.6) is 0 Å². The number of amides is 1. The molecule has 2 atom stereocenters. The number of halogens is 2. The summed E-state index contributed by atoms with van der Waals surface area (Å²) >= 11 is 3.25. The highest BCUT2D eigenvalue weighted by atomic mass is 79.9. The average molecular weight is 355 g/mol. The molecule has 5 heteroatoms. The van der Waals surface area contributed by atoms with E-state index in [1.807, 2.05) is 17.0 Å². The Morgan fingerprint density at radius 3 is 2.81 bits per heavy atom. The van der Waals surface area contributed by atoms with Gasteiger partial charge in [0, 0.05) is 32.1 Å². The Morgan fingerprint density at radius 2 is 2.14 bits per heavy atom. The maximum atomic E-state index is 14.2. The Morgan fingerprint density at radius 1 is 1.33 bits per heavy atom. The van der Waals surface area contributed by atoms with Gasteiger partial charge in [0.15, 0.2) is 5.82 Å². The van der Waals surface area contributed by atoms with Gasteiger partial charge < -0.3 is 9.80 Å². The fourth-order valence-corrected chi connectivity index (χ4v) is 3.93. The minimum atomic E-state index is -0.194. The van der Waals surface area contributed by atoms with Gasteiger partial charge in [0.05, 0.1) is 10.2 Å². The van der Waals surface area contributed by atoms with Gasteiger partial charge in [-0.1, -0.05) is 13.0 Å². The number of nitrogens with zero attached hydrogens (tertiary/aromatic N) is 2. The Balaban J connectivity index is 1.73. The molecular formula is C16H20BrFN2O. The molecule has 1 aromatic carbocycles. The predicted octanol–water partition coefficient (Wildman–Crippen LogP) is 3.43. The number of rotatable bonds is 2. The van der Waals surface area contributed by atoms with E-state index < -0.39 is 0 Å². The molecule has 0 N–H and O–H groups in total. The highest BCUT2D eigenvalue weighted by Crippen LogP contribution is 2.32. The zero-order valence-corrected chi connectivity index (χ0v) is 13.8. The molecule has 3 nitrogen and oxygen atoms in total. The van der Waals surface area contributed by atoms with Crippen LogP contribution in [0.1, 0.15) is 26.2 Å². The van der Waals surface area contributed by atoms with Crippen LogP contribution in [-0.4, -0.2) is 36.5 Å². The second-order valence-electron chi connectivity index (χ2n) is 6.04. The molecule has 2 aliphatic rings. The topological polar surface area (TPSA) is 23.6 Å². The van der Waals surface area contributed by atoms with Crippen LogP contribution < -0.4 is 4.90 Å². The van der Waals surface area contributed by atoms with E-state index >= 15 is 0 Å². The molecule has 2 saturated heterocycles. The van der Waals surface area contributed by atoms with Crippen LogP contribution >= 0.6 is 15.9 Å². The number of carbonyl (C=O) groups is 1.